The van der Waals surface area contributed by atoms with Gasteiger partial charge in [-0.15, -0.1) is 0 Å². The predicted molar refractivity (Wildman–Crippen MR) is 92.9 cm³/mol. The topological polar surface area (TPSA) is 58.6 Å². The molecule has 2 N–H and O–H groups in total. The summed E-state index contributed by atoms with van der Waals surface area (Å²) >= 11 is 6.05. The predicted octanol–water partition coefficient (Wildman–Crippen LogP) is 3.19. The Morgan fingerprint density at radius 2 is 2.00 bits per heavy atom. The number of ether oxygens (including phenoxy) is 1. The molecule has 0 saturated heterocycles. The van der Waals surface area contributed by atoms with E-state index in [1.54, 1.807) is 24.3 Å². The molecule has 0 saturated carbocycles. The van der Waals surface area contributed by atoms with Crippen LogP contribution in [0.3, 0.4) is 0 Å². The second-order valence-corrected chi connectivity index (χ2v) is 6.26. The molecule has 0 spiro atoms. The maximum absolute atomic E-state index is 12.2. The lowest BCUT2D eigenvalue weighted by Gasteiger charge is -2.25. The van der Waals surface area contributed by atoms with Crippen LogP contribution in [0.15, 0.2) is 48.5 Å². The smallest absolute Gasteiger partial charge is 0.223 e. The van der Waals surface area contributed by atoms with Gasteiger partial charge in [0.1, 0.15) is 0 Å². The van der Waals surface area contributed by atoms with Crippen molar-refractivity contribution in [3.8, 4) is 0 Å². The van der Waals surface area contributed by atoms with Crippen molar-refractivity contribution in [1.29, 1.82) is 0 Å². The molecule has 3 rings (SSSR count). The summed E-state index contributed by atoms with van der Waals surface area (Å²) in [6, 6.07) is 15.1. The fraction of sp³-hybridized carbons (Fsp3) is 0.316. The van der Waals surface area contributed by atoms with Gasteiger partial charge in [-0.1, -0.05) is 54.1 Å². The summed E-state index contributed by atoms with van der Waals surface area (Å²) in [7, 11) is 0. The molecule has 2 aromatic carbocycles. The van der Waals surface area contributed by atoms with Gasteiger partial charge in [0.05, 0.1) is 25.2 Å². The number of rotatable bonds is 5. The first-order valence-electron chi connectivity index (χ1n) is 8.03. The Morgan fingerprint density at radius 1 is 1.25 bits per heavy atom. The highest BCUT2D eigenvalue weighted by atomic mass is 35.5. The van der Waals surface area contributed by atoms with E-state index in [0.717, 1.165) is 12.0 Å². The largest absolute Gasteiger partial charge is 0.387 e. The average Bonchev–Trinajstić information content (AvgIpc) is 2.60. The monoisotopic (exact) mass is 345 g/mol. The summed E-state index contributed by atoms with van der Waals surface area (Å²) < 4.78 is 5.74. The fourth-order valence-electron chi connectivity index (χ4n) is 2.95. The van der Waals surface area contributed by atoms with Gasteiger partial charge in [0.25, 0.3) is 0 Å². The standard InChI is InChI=1S/C19H20ClNO3/c20-16-8-4-3-7-15(16)17(22)12-21-19(23)11-18-14-6-2-1-5-13(14)9-10-24-18/h1-8,17-18,22H,9-12H2,(H,21,23). The Morgan fingerprint density at radius 3 is 2.83 bits per heavy atom. The van der Waals surface area contributed by atoms with E-state index in [9.17, 15) is 9.90 Å². The molecule has 5 heteroatoms. The number of carbonyl (C=O) groups is 1. The summed E-state index contributed by atoms with van der Waals surface area (Å²) in [5, 5.41) is 13.4. The van der Waals surface area contributed by atoms with Crippen molar-refractivity contribution < 1.29 is 14.6 Å². The van der Waals surface area contributed by atoms with Crippen LogP contribution in [-0.2, 0) is 16.0 Å². The number of hydrogen-bond donors (Lipinski definition) is 2. The first-order valence-corrected chi connectivity index (χ1v) is 8.41. The number of carbonyl (C=O) groups excluding carboxylic acids is 1. The first-order chi connectivity index (χ1) is 11.6. The minimum atomic E-state index is -0.831. The van der Waals surface area contributed by atoms with Crippen molar-refractivity contribution in [3.63, 3.8) is 0 Å². The van der Waals surface area contributed by atoms with Crippen LogP contribution in [0.1, 0.15) is 35.3 Å². The quantitative estimate of drug-likeness (QED) is 0.875. The lowest BCUT2D eigenvalue weighted by molar-refractivity contribution is -0.124. The van der Waals surface area contributed by atoms with Gasteiger partial charge in [-0.2, -0.15) is 0 Å². The molecule has 0 fully saturated rings. The molecule has 126 valence electrons. The van der Waals surface area contributed by atoms with E-state index in [1.165, 1.54) is 5.56 Å². The number of aliphatic hydroxyl groups is 1. The van der Waals surface area contributed by atoms with Crippen molar-refractivity contribution in [2.45, 2.75) is 25.0 Å². The number of benzene rings is 2. The lowest BCUT2D eigenvalue weighted by Crippen LogP contribution is -2.31. The van der Waals surface area contributed by atoms with Gasteiger partial charge in [-0.05, 0) is 23.6 Å². The third-order valence-corrected chi connectivity index (χ3v) is 4.56. The molecule has 0 bridgehead atoms. The zero-order chi connectivity index (χ0) is 16.9. The minimum Gasteiger partial charge on any atom is -0.387 e. The van der Waals surface area contributed by atoms with Crippen LogP contribution in [0.4, 0.5) is 0 Å². The summed E-state index contributed by atoms with van der Waals surface area (Å²) in [6.07, 6.45) is 0.0563. The molecule has 1 amide bonds. The molecule has 2 aromatic rings. The van der Waals surface area contributed by atoms with Gasteiger partial charge in [0.2, 0.25) is 5.91 Å². The van der Waals surface area contributed by atoms with E-state index >= 15 is 0 Å². The van der Waals surface area contributed by atoms with Crippen LogP contribution in [0.5, 0.6) is 0 Å². The van der Waals surface area contributed by atoms with Crippen molar-refractivity contribution in [1.82, 2.24) is 5.32 Å². The molecule has 4 nitrogen and oxygen atoms in total. The molecule has 1 heterocycles. The van der Waals surface area contributed by atoms with Gasteiger partial charge in [0, 0.05) is 17.1 Å². The summed E-state index contributed by atoms with van der Waals surface area (Å²) in [5.41, 5.74) is 2.92. The van der Waals surface area contributed by atoms with Crippen LogP contribution in [-0.4, -0.2) is 24.2 Å². The molecule has 24 heavy (non-hydrogen) atoms. The van der Waals surface area contributed by atoms with Crippen LogP contribution in [0, 0.1) is 0 Å². The molecule has 0 aliphatic carbocycles. The molecular weight excluding hydrogens is 326 g/mol. The zero-order valence-electron chi connectivity index (χ0n) is 13.2. The van der Waals surface area contributed by atoms with Crippen LogP contribution < -0.4 is 5.32 Å². The highest BCUT2D eigenvalue weighted by Crippen LogP contribution is 2.29. The Kier molecular flexibility index (Phi) is 5.51. The second-order valence-electron chi connectivity index (χ2n) is 5.85. The van der Waals surface area contributed by atoms with E-state index in [-0.39, 0.29) is 25.0 Å². The average molecular weight is 346 g/mol. The number of hydrogen-bond acceptors (Lipinski definition) is 3. The van der Waals surface area contributed by atoms with Gasteiger partial charge in [-0.25, -0.2) is 0 Å². The molecular formula is C19H20ClNO3. The van der Waals surface area contributed by atoms with E-state index in [0.29, 0.717) is 17.2 Å². The van der Waals surface area contributed by atoms with Gasteiger partial charge >= 0.3 is 0 Å². The number of halogens is 1. The maximum atomic E-state index is 12.2. The lowest BCUT2D eigenvalue weighted by atomic mass is 9.95. The van der Waals surface area contributed by atoms with Crippen LogP contribution in [0.25, 0.3) is 0 Å². The molecule has 2 atom stereocenters. The summed E-state index contributed by atoms with van der Waals surface area (Å²) in [5.74, 6) is -0.150. The van der Waals surface area contributed by atoms with Crippen molar-refractivity contribution in [3.05, 3.63) is 70.2 Å². The van der Waals surface area contributed by atoms with E-state index in [2.05, 4.69) is 11.4 Å². The van der Waals surface area contributed by atoms with E-state index in [1.807, 2.05) is 18.2 Å². The van der Waals surface area contributed by atoms with Gasteiger partial charge in [-0.3, -0.25) is 4.79 Å². The van der Waals surface area contributed by atoms with Gasteiger partial charge in [0.15, 0.2) is 0 Å². The Hall–Kier alpha value is -1.88. The SMILES string of the molecule is O=C(CC1OCCc2ccccc21)NCC(O)c1ccccc1Cl. The highest BCUT2D eigenvalue weighted by Gasteiger charge is 2.23. The zero-order valence-corrected chi connectivity index (χ0v) is 14.0. The third kappa shape index (κ3) is 3.96. The fourth-order valence-corrected chi connectivity index (χ4v) is 3.21. The Labute approximate surface area is 146 Å². The number of nitrogens with one attached hydrogen (secondary N) is 1. The van der Waals surface area contributed by atoms with Crippen molar-refractivity contribution >= 4 is 17.5 Å². The molecule has 1 aliphatic heterocycles. The normalized spacial score (nSPS) is 17.8. The van der Waals surface area contributed by atoms with E-state index in [4.69, 9.17) is 16.3 Å². The molecule has 1 aliphatic rings. The summed E-state index contributed by atoms with van der Waals surface area (Å²) in [4.78, 5) is 12.2. The minimum absolute atomic E-state index is 0.122. The number of fused-ring (bicyclic) bond motifs is 1. The molecule has 0 radical (unpaired) electrons. The molecule has 2 unspecified atom stereocenters. The van der Waals surface area contributed by atoms with Crippen molar-refractivity contribution in [2.75, 3.05) is 13.2 Å². The van der Waals surface area contributed by atoms with Gasteiger partial charge < -0.3 is 15.2 Å². The Balaban J connectivity index is 1.56. The molecule has 0 aromatic heterocycles. The van der Waals surface area contributed by atoms with Crippen LogP contribution in [0.2, 0.25) is 5.02 Å². The highest BCUT2D eigenvalue weighted by molar-refractivity contribution is 6.31. The number of amides is 1. The van der Waals surface area contributed by atoms with Crippen LogP contribution >= 0.6 is 11.6 Å². The van der Waals surface area contributed by atoms with Crippen molar-refractivity contribution in [2.24, 2.45) is 0 Å². The first kappa shape index (κ1) is 17.0. The summed E-state index contributed by atoms with van der Waals surface area (Å²) in [6.45, 7) is 0.744. The Bertz CT molecular complexity index is 719. The number of aliphatic hydroxyl groups excluding tert-OH is 1. The van der Waals surface area contributed by atoms with E-state index < -0.39 is 6.10 Å². The third-order valence-electron chi connectivity index (χ3n) is 4.22. The second kappa shape index (κ2) is 7.79. The maximum Gasteiger partial charge on any atom is 0.223 e.